The maximum Gasteiger partial charge on any atom is 0.234 e. The summed E-state index contributed by atoms with van der Waals surface area (Å²) < 4.78 is 7.38. The van der Waals surface area contributed by atoms with Gasteiger partial charge in [0.05, 0.1) is 18.6 Å². The Morgan fingerprint density at radius 3 is 2.61 bits per heavy atom. The van der Waals surface area contributed by atoms with Gasteiger partial charge in [0.2, 0.25) is 5.91 Å². The van der Waals surface area contributed by atoms with Crippen molar-refractivity contribution in [2.24, 2.45) is 0 Å². The quantitative estimate of drug-likeness (QED) is 0.312. The van der Waals surface area contributed by atoms with Crippen molar-refractivity contribution in [3.8, 4) is 28.3 Å². The van der Waals surface area contributed by atoms with Gasteiger partial charge in [-0.05, 0) is 38.5 Å². The lowest BCUT2D eigenvalue weighted by atomic mass is 10.0. The number of thioether (sulfide) groups is 1. The first-order chi connectivity index (χ1) is 16.0. The zero-order valence-electron chi connectivity index (χ0n) is 19.1. The van der Waals surface area contributed by atoms with E-state index in [0.29, 0.717) is 18.0 Å². The van der Waals surface area contributed by atoms with Gasteiger partial charge in [-0.3, -0.25) is 4.79 Å². The Balaban J connectivity index is 1.55. The number of nitrogens with one attached hydrogen (secondary N) is 1. The molecule has 0 spiro atoms. The van der Waals surface area contributed by atoms with E-state index in [1.807, 2.05) is 24.3 Å². The van der Waals surface area contributed by atoms with Crippen LogP contribution in [0, 0.1) is 13.8 Å². The Kier molecular flexibility index (Phi) is 7.15. The maximum atomic E-state index is 12.6. The number of para-hydroxylation sites is 2. The number of carbonyl (C=O) groups excluding carboxylic acids is 1. The fraction of sp³-hybridized carbons (Fsp3) is 0.240. The molecule has 0 bridgehead atoms. The number of anilines is 1. The van der Waals surface area contributed by atoms with Gasteiger partial charge < -0.3 is 14.6 Å². The highest BCUT2D eigenvalue weighted by Gasteiger charge is 2.20. The highest BCUT2D eigenvalue weighted by molar-refractivity contribution is 7.99. The number of carbonyl (C=O) groups is 1. The molecule has 2 aromatic carbocycles. The second-order valence-corrected chi connectivity index (χ2v) is 9.56. The van der Waals surface area contributed by atoms with Crippen LogP contribution in [0.5, 0.6) is 5.75 Å². The first-order valence-electron chi connectivity index (χ1n) is 10.7. The number of aryl methyl sites for hydroxylation is 2. The monoisotopic (exact) mass is 478 g/mol. The van der Waals surface area contributed by atoms with Crippen molar-refractivity contribution >= 4 is 34.7 Å². The van der Waals surface area contributed by atoms with Crippen LogP contribution in [0.15, 0.2) is 59.1 Å². The molecule has 2 heterocycles. The number of hydrogen-bond donors (Lipinski definition) is 1. The molecule has 0 aliphatic rings. The third-order valence-corrected chi connectivity index (χ3v) is 7.18. The van der Waals surface area contributed by atoms with Crippen LogP contribution in [0.25, 0.3) is 22.5 Å². The summed E-state index contributed by atoms with van der Waals surface area (Å²) in [6, 6.07) is 15.9. The van der Waals surface area contributed by atoms with Gasteiger partial charge in [-0.15, -0.1) is 21.5 Å². The molecule has 8 heteroatoms. The molecular weight excluding hydrogens is 452 g/mol. The topological polar surface area (TPSA) is 69.0 Å². The van der Waals surface area contributed by atoms with E-state index in [9.17, 15) is 4.79 Å². The van der Waals surface area contributed by atoms with Crippen molar-refractivity contribution in [1.82, 2.24) is 14.8 Å². The number of benzene rings is 2. The highest BCUT2D eigenvalue weighted by atomic mass is 32.2. The van der Waals surface area contributed by atoms with E-state index in [4.69, 9.17) is 4.74 Å². The lowest BCUT2D eigenvalue weighted by molar-refractivity contribution is -0.113. The van der Waals surface area contributed by atoms with E-state index in [1.54, 1.807) is 18.4 Å². The SMILES string of the molecule is CCn1c(SCC(=O)Nc2ccccc2OC)nnc1-c1csc(C)c1-c1ccc(C)cc1. The Morgan fingerprint density at radius 1 is 1.12 bits per heavy atom. The number of methoxy groups -OCH3 is 1. The highest BCUT2D eigenvalue weighted by Crippen LogP contribution is 2.39. The first kappa shape index (κ1) is 23.1. The summed E-state index contributed by atoms with van der Waals surface area (Å²) in [5.74, 6) is 1.56. The number of amides is 1. The van der Waals surface area contributed by atoms with Gasteiger partial charge in [0.25, 0.3) is 0 Å². The van der Waals surface area contributed by atoms with Crippen LogP contribution in [-0.2, 0) is 11.3 Å². The predicted molar refractivity (Wildman–Crippen MR) is 136 cm³/mol. The molecule has 0 aliphatic heterocycles. The minimum absolute atomic E-state index is 0.122. The minimum atomic E-state index is -0.122. The molecule has 1 N–H and O–H groups in total. The number of ether oxygens (including phenoxy) is 1. The lowest BCUT2D eigenvalue weighted by Crippen LogP contribution is -2.15. The molecule has 0 unspecified atom stereocenters. The van der Waals surface area contributed by atoms with Crippen LogP contribution in [0.1, 0.15) is 17.4 Å². The Morgan fingerprint density at radius 2 is 1.88 bits per heavy atom. The lowest BCUT2D eigenvalue weighted by Gasteiger charge is -2.11. The summed E-state index contributed by atoms with van der Waals surface area (Å²) in [6.07, 6.45) is 0. The number of aromatic nitrogens is 3. The fourth-order valence-electron chi connectivity index (χ4n) is 3.64. The number of nitrogens with zero attached hydrogens (tertiary/aromatic N) is 3. The van der Waals surface area contributed by atoms with Crippen LogP contribution in [0.3, 0.4) is 0 Å². The van der Waals surface area contributed by atoms with Crippen LogP contribution in [-0.4, -0.2) is 33.5 Å². The predicted octanol–water partition coefficient (Wildman–Crippen LogP) is 6.05. The van der Waals surface area contributed by atoms with Gasteiger partial charge in [0.1, 0.15) is 5.75 Å². The zero-order valence-corrected chi connectivity index (χ0v) is 20.7. The van der Waals surface area contributed by atoms with Crippen LogP contribution in [0.2, 0.25) is 0 Å². The smallest absolute Gasteiger partial charge is 0.234 e. The summed E-state index contributed by atoms with van der Waals surface area (Å²) in [4.78, 5) is 13.8. The van der Waals surface area contributed by atoms with E-state index in [1.165, 1.54) is 33.3 Å². The third-order valence-electron chi connectivity index (χ3n) is 5.30. The molecule has 0 radical (unpaired) electrons. The first-order valence-corrected chi connectivity index (χ1v) is 12.5. The van der Waals surface area contributed by atoms with Crippen molar-refractivity contribution in [2.75, 3.05) is 18.2 Å². The van der Waals surface area contributed by atoms with Crippen LogP contribution >= 0.6 is 23.1 Å². The van der Waals surface area contributed by atoms with Crippen molar-refractivity contribution in [3.05, 3.63) is 64.4 Å². The van der Waals surface area contributed by atoms with Crippen LogP contribution in [0.4, 0.5) is 5.69 Å². The normalized spacial score (nSPS) is 10.9. The van der Waals surface area contributed by atoms with Crippen LogP contribution < -0.4 is 10.1 Å². The van der Waals surface area contributed by atoms with Crippen molar-refractivity contribution in [1.29, 1.82) is 0 Å². The molecule has 2 aromatic heterocycles. The summed E-state index contributed by atoms with van der Waals surface area (Å²) in [6.45, 7) is 7.00. The zero-order chi connectivity index (χ0) is 23.4. The van der Waals surface area contributed by atoms with Gasteiger partial charge in [-0.2, -0.15) is 0 Å². The van der Waals surface area contributed by atoms with E-state index in [0.717, 1.165) is 16.5 Å². The fourth-order valence-corrected chi connectivity index (χ4v) is 5.31. The van der Waals surface area contributed by atoms with Gasteiger partial charge >= 0.3 is 0 Å². The summed E-state index contributed by atoms with van der Waals surface area (Å²) >= 11 is 3.09. The molecule has 1 amide bonds. The number of rotatable bonds is 8. The molecular formula is C25H26N4O2S2. The Bertz CT molecular complexity index is 1260. The third kappa shape index (κ3) is 4.96. The summed E-state index contributed by atoms with van der Waals surface area (Å²) in [7, 11) is 1.59. The van der Waals surface area contributed by atoms with E-state index < -0.39 is 0 Å². The average molecular weight is 479 g/mol. The van der Waals surface area contributed by atoms with Gasteiger partial charge in [-0.1, -0.05) is 53.7 Å². The molecule has 0 saturated carbocycles. The van der Waals surface area contributed by atoms with Gasteiger partial charge in [0, 0.05) is 27.9 Å². The molecule has 0 fully saturated rings. The largest absolute Gasteiger partial charge is 0.495 e. The maximum absolute atomic E-state index is 12.6. The second kappa shape index (κ2) is 10.2. The molecule has 4 rings (SSSR count). The second-order valence-electron chi connectivity index (χ2n) is 7.53. The standard InChI is InChI=1S/C25H26N4O2S2/c1-5-29-24(19-14-32-17(3)23(19)18-12-10-16(2)11-13-18)27-28-25(29)33-15-22(30)26-20-8-6-7-9-21(20)31-4/h6-14H,5,15H2,1-4H3,(H,26,30). The molecule has 0 saturated heterocycles. The van der Waals surface area contributed by atoms with E-state index >= 15 is 0 Å². The number of thiophene rings is 1. The number of hydrogen-bond acceptors (Lipinski definition) is 6. The molecule has 6 nitrogen and oxygen atoms in total. The summed E-state index contributed by atoms with van der Waals surface area (Å²) in [5.41, 5.74) is 5.31. The average Bonchev–Trinajstić information content (AvgIpc) is 3.41. The van der Waals surface area contributed by atoms with E-state index in [2.05, 4.69) is 70.5 Å². The Labute approximate surface area is 202 Å². The van der Waals surface area contributed by atoms with Gasteiger partial charge in [-0.25, -0.2) is 0 Å². The van der Waals surface area contributed by atoms with Crippen molar-refractivity contribution in [2.45, 2.75) is 32.5 Å². The molecule has 4 aromatic rings. The Hall–Kier alpha value is -3.10. The molecule has 170 valence electrons. The van der Waals surface area contributed by atoms with Crippen molar-refractivity contribution < 1.29 is 9.53 Å². The molecule has 0 aliphatic carbocycles. The van der Waals surface area contributed by atoms with Crippen molar-refractivity contribution in [3.63, 3.8) is 0 Å². The van der Waals surface area contributed by atoms with E-state index in [-0.39, 0.29) is 11.7 Å². The molecule has 33 heavy (non-hydrogen) atoms. The molecule has 0 atom stereocenters. The van der Waals surface area contributed by atoms with Gasteiger partial charge in [0.15, 0.2) is 11.0 Å². The summed E-state index contributed by atoms with van der Waals surface area (Å²) in [5, 5.41) is 14.7. The minimum Gasteiger partial charge on any atom is -0.495 e.